The number of carbonyl (C=O) groups is 3. The lowest BCUT2D eigenvalue weighted by Crippen LogP contribution is -2.18. The van der Waals surface area contributed by atoms with Crippen LogP contribution in [0.3, 0.4) is 0 Å². The second-order valence-electron chi connectivity index (χ2n) is 4.82. The molecule has 0 spiro atoms. The van der Waals surface area contributed by atoms with Crippen molar-refractivity contribution < 1.29 is 23.9 Å². The van der Waals surface area contributed by atoms with Gasteiger partial charge in [0.2, 0.25) is 0 Å². The van der Waals surface area contributed by atoms with Crippen LogP contribution in [-0.2, 0) is 23.9 Å². The van der Waals surface area contributed by atoms with Crippen molar-refractivity contribution in [3.8, 4) is 0 Å². The monoisotopic (exact) mass is 270 g/mol. The molecule has 5 heteroatoms. The molecule has 0 aromatic heterocycles. The van der Waals surface area contributed by atoms with Crippen LogP contribution >= 0.6 is 0 Å². The third-order valence-electron chi connectivity index (χ3n) is 3.22. The Morgan fingerprint density at radius 1 is 1.16 bits per heavy atom. The SMILES string of the molecule is CCOC(=O)CCC(=O)CCC1CCC(C(C)=O)O1. The Morgan fingerprint density at radius 2 is 1.89 bits per heavy atom. The molecule has 5 nitrogen and oxygen atoms in total. The first-order chi connectivity index (χ1) is 9.02. The van der Waals surface area contributed by atoms with Crippen LogP contribution in [-0.4, -0.2) is 36.4 Å². The van der Waals surface area contributed by atoms with Crippen molar-refractivity contribution in [1.29, 1.82) is 0 Å². The standard InChI is InChI=1S/C14H22O5/c1-3-18-14(17)9-5-11(16)4-6-12-7-8-13(19-12)10(2)15/h12-13H,3-9H2,1-2H3. The summed E-state index contributed by atoms with van der Waals surface area (Å²) in [5, 5.41) is 0. The normalized spacial score (nSPS) is 22.2. The fourth-order valence-electron chi connectivity index (χ4n) is 2.14. The molecule has 1 aliphatic heterocycles. The quantitative estimate of drug-likeness (QED) is 0.629. The summed E-state index contributed by atoms with van der Waals surface area (Å²) in [5.41, 5.74) is 0. The minimum Gasteiger partial charge on any atom is -0.466 e. The summed E-state index contributed by atoms with van der Waals surface area (Å²) in [7, 11) is 0. The molecule has 1 saturated heterocycles. The van der Waals surface area contributed by atoms with Crippen molar-refractivity contribution in [2.45, 2.75) is 64.6 Å². The Bertz CT molecular complexity index is 337. The van der Waals surface area contributed by atoms with Crippen molar-refractivity contribution in [1.82, 2.24) is 0 Å². The molecule has 1 aliphatic rings. The number of rotatable bonds is 8. The summed E-state index contributed by atoms with van der Waals surface area (Å²) in [6.45, 7) is 3.61. The highest BCUT2D eigenvalue weighted by Gasteiger charge is 2.28. The van der Waals surface area contributed by atoms with Crippen molar-refractivity contribution in [3.63, 3.8) is 0 Å². The largest absolute Gasteiger partial charge is 0.466 e. The number of ether oxygens (including phenoxy) is 2. The zero-order chi connectivity index (χ0) is 14.3. The van der Waals surface area contributed by atoms with Gasteiger partial charge in [-0.25, -0.2) is 0 Å². The van der Waals surface area contributed by atoms with E-state index in [-0.39, 0.29) is 42.6 Å². The molecule has 1 fully saturated rings. The van der Waals surface area contributed by atoms with E-state index in [1.807, 2.05) is 0 Å². The first-order valence-corrected chi connectivity index (χ1v) is 6.86. The topological polar surface area (TPSA) is 69.7 Å². The van der Waals surface area contributed by atoms with Gasteiger partial charge in [0.25, 0.3) is 0 Å². The highest BCUT2D eigenvalue weighted by atomic mass is 16.5. The predicted molar refractivity (Wildman–Crippen MR) is 68.7 cm³/mol. The third kappa shape index (κ3) is 5.96. The molecule has 0 radical (unpaired) electrons. The molecular formula is C14H22O5. The molecule has 0 saturated carbocycles. The zero-order valence-electron chi connectivity index (χ0n) is 11.6. The molecule has 1 rings (SSSR count). The van der Waals surface area contributed by atoms with Crippen LogP contribution in [0.4, 0.5) is 0 Å². The van der Waals surface area contributed by atoms with E-state index >= 15 is 0 Å². The summed E-state index contributed by atoms with van der Waals surface area (Å²) in [6, 6.07) is 0. The van der Waals surface area contributed by atoms with Crippen LogP contribution in [0.5, 0.6) is 0 Å². The lowest BCUT2D eigenvalue weighted by molar-refractivity contribution is -0.144. The minimum absolute atomic E-state index is 0.000410. The molecule has 19 heavy (non-hydrogen) atoms. The Kier molecular flexibility index (Phi) is 6.70. The fourth-order valence-corrected chi connectivity index (χ4v) is 2.14. The summed E-state index contributed by atoms with van der Waals surface area (Å²) >= 11 is 0. The number of hydrogen-bond donors (Lipinski definition) is 0. The van der Waals surface area contributed by atoms with E-state index in [1.165, 1.54) is 6.92 Å². The molecule has 0 amide bonds. The van der Waals surface area contributed by atoms with E-state index in [0.29, 0.717) is 19.4 Å². The molecular weight excluding hydrogens is 248 g/mol. The smallest absolute Gasteiger partial charge is 0.306 e. The van der Waals surface area contributed by atoms with Crippen LogP contribution in [0.25, 0.3) is 0 Å². The molecule has 2 atom stereocenters. The zero-order valence-corrected chi connectivity index (χ0v) is 11.6. The molecule has 2 unspecified atom stereocenters. The highest BCUT2D eigenvalue weighted by Crippen LogP contribution is 2.24. The van der Waals surface area contributed by atoms with E-state index in [4.69, 9.17) is 9.47 Å². The van der Waals surface area contributed by atoms with Crippen LogP contribution in [0.1, 0.15) is 52.4 Å². The van der Waals surface area contributed by atoms with Crippen LogP contribution in [0.2, 0.25) is 0 Å². The van der Waals surface area contributed by atoms with Gasteiger partial charge in [0.05, 0.1) is 19.1 Å². The van der Waals surface area contributed by atoms with E-state index in [0.717, 1.165) is 12.8 Å². The van der Waals surface area contributed by atoms with Crippen molar-refractivity contribution in [3.05, 3.63) is 0 Å². The van der Waals surface area contributed by atoms with Gasteiger partial charge in [-0.15, -0.1) is 0 Å². The third-order valence-corrected chi connectivity index (χ3v) is 3.22. The van der Waals surface area contributed by atoms with Crippen LogP contribution in [0.15, 0.2) is 0 Å². The van der Waals surface area contributed by atoms with Gasteiger partial charge in [-0.3, -0.25) is 14.4 Å². The predicted octanol–water partition coefficient (Wildman–Crippen LogP) is 1.82. The van der Waals surface area contributed by atoms with Gasteiger partial charge in [0.1, 0.15) is 11.9 Å². The summed E-state index contributed by atoms with van der Waals surface area (Å²) in [5.74, 6) is -0.233. The van der Waals surface area contributed by atoms with Crippen LogP contribution in [0, 0.1) is 0 Å². The lowest BCUT2D eigenvalue weighted by Gasteiger charge is -2.11. The summed E-state index contributed by atoms with van der Waals surface area (Å²) < 4.78 is 10.3. The number of hydrogen-bond acceptors (Lipinski definition) is 5. The number of carbonyl (C=O) groups excluding carboxylic acids is 3. The maximum Gasteiger partial charge on any atom is 0.306 e. The fraction of sp³-hybridized carbons (Fsp3) is 0.786. The number of esters is 1. The molecule has 0 aromatic carbocycles. The second-order valence-corrected chi connectivity index (χ2v) is 4.82. The Hall–Kier alpha value is -1.23. The van der Waals surface area contributed by atoms with Gasteiger partial charge in [0, 0.05) is 12.8 Å². The van der Waals surface area contributed by atoms with Gasteiger partial charge in [-0.05, 0) is 33.1 Å². The van der Waals surface area contributed by atoms with Crippen LogP contribution < -0.4 is 0 Å². The lowest BCUT2D eigenvalue weighted by atomic mass is 10.1. The van der Waals surface area contributed by atoms with Crippen molar-refractivity contribution in [2.24, 2.45) is 0 Å². The van der Waals surface area contributed by atoms with Gasteiger partial charge < -0.3 is 9.47 Å². The highest BCUT2D eigenvalue weighted by molar-refractivity contribution is 5.83. The molecule has 0 N–H and O–H groups in total. The molecule has 0 bridgehead atoms. The minimum atomic E-state index is -0.329. The molecule has 1 heterocycles. The number of ketones is 2. The average Bonchev–Trinajstić information content (AvgIpc) is 2.83. The Balaban J connectivity index is 2.14. The van der Waals surface area contributed by atoms with E-state index < -0.39 is 0 Å². The second kappa shape index (κ2) is 8.04. The van der Waals surface area contributed by atoms with Crippen molar-refractivity contribution >= 4 is 17.5 Å². The molecule has 0 aliphatic carbocycles. The first-order valence-electron chi connectivity index (χ1n) is 6.86. The van der Waals surface area contributed by atoms with Gasteiger partial charge >= 0.3 is 5.97 Å². The number of Topliss-reactive ketones (excluding diaryl/α,β-unsaturated/α-hetero) is 2. The molecule has 0 aromatic rings. The first kappa shape index (κ1) is 15.8. The van der Waals surface area contributed by atoms with Gasteiger partial charge in [-0.2, -0.15) is 0 Å². The van der Waals surface area contributed by atoms with Crippen molar-refractivity contribution in [2.75, 3.05) is 6.61 Å². The average molecular weight is 270 g/mol. The van der Waals surface area contributed by atoms with Gasteiger partial charge in [0.15, 0.2) is 5.78 Å². The maximum absolute atomic E-state index is 11.6. The summed E-state index contributed by atoms with van der Waals surface area (Å²) in [4.78, 5) is 33.8. The van der Waals surface area contributed by atoms with E-state index in [2.05, 4.69) is 0 Å². The Morgan fingerprint density at radius 3 is 2.47 bits per heavy atom. The molecule has 108 valence electrons. The van der Waals surface area contributed by atoms with Gasteiger partial charge in [-0.1, -0.05) is 0 Å². The summed E-state index contributed by atoms with van der Waals surface area (Å²) in [6.07, 6.45) is 2.68. The van der Waals surface area contributed by atoms with E-state index in [1.54, 1.807) is 6.92 Å². The van der Waals surface area contributed by atoms with E-state index in [9.17, 15) is 14.4 Å². The maximum atomic E-state index is 11.6. The Labute approximate surface area is 113 Å².